The topological polar surface area (TPSA) is 100 Å². The van der Waals surface area contributed by atoms with Crippen LogP contribution in [0.15, 0.2) is 74.7 Å². The van der Waals surface area contributed by atoms with Crippen LogP contribution in [0, 0.1) is 11.2 Å². The van der Waals surface area contributed by atoms with E-state index in [0.29, 0.717) is 45.2 Å². The molecule has 2 aliphatic rings. The highest BCUT2D eigenvalue weighted by Gasteiger charge is 2.35. The summed E-state index contributed by atoms with van der Waals surface area (Å²) in [4.78, 5) is 16.8. The van der Waals surface area contributed by atoms with Gasteiger partial charge in [-0.05, 0) is 71.9 Å². The molecule has 3 heterocycles. The van der Waals surface area contributed by atoms with Crippen molar-refractivity contribution in [3.05, 3.63) is 77.3 Å². The van der Waals surface area contributed by atoms with E-state index in [9.17, 15) is 9.18 Å². The average molecular weight is 491 g/mol. The number of ether oxygens (including phenoxy) is 2. The molecule has 0 aliphatic carbocycles. The van der Waals surface area contributed by atoms with Gasteiger partial charge in [0.2, 0.25) is 5.17 Å². The maximum absolute atomic E-state index is 13.2. The van der Waals surface area contributed by atoms with E-state index in [-0.39, 0.29) is 17.2 Å². The molecule has 0 saturated carbocycles. The molecule has 0 bridgehead atoms. The molecule has 2 aromatic carbocycles. The molecule has 2 aliphatic heterocycles. The molecular weight excluding hydrogens is 471 g/mol. The van der Waals surface area contributed by atoms with Crippen LogP contribution in [0.1, 0.15) is 11.3 Å². The largest absolute Gasteiger partial charge is 0.493 e. The molecule has 35 heavy (non-hydrogen) atoms. The second-order valence-corrected chi connectivity index (χ2v) is 8.63. The molecule has 1 N–H and O–H groups in total. The third-order valence-corrected chi connectivity index (χ3v) is 6.25. The Bertz CT molecular complexity index is 1430. The number of benzene rings is 2. The van der Waals surface area contributed by atoms with Gasteiger partial charge in [-0.3, -0.25) is 10.2 Å². The summed E-state index contributed by atoms with van der Waals surface area (Å²) in [5.74, 6) is 1.15. The highest BCUT2D eigenvalue weighted by molar-refractivity contribution is 8.26. The molecule has 0 radical (unpaired) electrons. The lowest BCUT2D eigenvalue weighted by Crippen LogP contribution is -2.35. The van der Waals surface area contributed by atoms with E-state index in [1.165, 1.54) is 35.0 Å². The number of fused-ring (bicyclic) bond motifs is 1. The first-order chi connectivity index (χ1) is 16.9. The van der Waals surface area contributed by atoms with Gasteiger partial charge in [0.15, 0.2) is 17.3 Å². The molecule has 0 atom stereocenters. The molecule has 5 rings (SSSR count). The van der Waals surface area contributed by atoms with Crippen LogP contribution in [0.3, 0.4) is 0 Å². The summed E-state index contributed by atoms with van der Waals surface area (Å²) >= 11 is 1.24. The van der Waals surface area contributed by atoms with Crippen LogP contribution in [0.4, 0.5) is 4.39 Å². The fourth-order valence-corrected chi connectivity index (χ4v) is 4.53. The van der Waals surface area contributed by atoms with Gasteiger partial charge in [0.1, 0.15) is 22.4 Å². The number of carbonyl (C=O) groups excluding carboxylic acids is 1. The van der Waals surface area contributed by atoms with E-state index in [4.69, 9.17) is 19.3 Å². The Labute approximate surface area is 204 Å². The van der Waals surface area contributed by atoms with E-state index in [0.717, 1.165) is 5.56 Å². The summed E-state index contributed by atoms with van der Waals surface area (Å²) in [6.45, 7) is 0. The van der Waals surface area contributed by atoms with Crippen molar-refractivity contribution < 1.29 is 23.1 Å². The van der Waals surface area contributed by atoms with Gasteiger partial charge >= 0.3 is 0 Å². The van der Waals surface area contributed by atoms with Crippen molar-refractivity contribution in [1.82, 2.24) is 5.01 Å². The van der Waals surface area contributed by atoms with E-state index in [1.54, 1.807) is 38.5 Å². The maximum Gasteiger partial charge on any atom is 0.283 e. The Balaban J connectivity index is 1.36. The average Bonchev–Trinajstić information content (AvgIpc) is 3.49. The van der Waals surface area contributed by atoms with Gasteiger partial charge in [0.25, 0.3) is 5.91 Å². The van der Waals surface area contributed by atoms with Gasteiger partial charge in [0.05, 0.1) is 19.8 Å². The Morgan fingerprint density at radius 3 is 2.60 bits per heavy atom. The second kappa shape index (κ2) is 9.22. The number of hydrogen-bond acceptors (Lipinski definition) is 7. The zero-order valence-electron chi connectivity index (χ0n) is 18.7. The van der Waals surface area contributed by atoms with Crippen LogP contribution in [0.2, 0.25) is 0 Å². The number of hydrogen-bond donors (Lipinski definition) is 1. The first kappa shape index (κ1) is 22.6. The zero-order valence-corrected chi connectivity index (χ0v) is 19.6. The number of amides is 1. The normalized spacial score (nSPS) is 16.3. The number of amidine groups is 2. The van der Waals surface area contributed by atoms with Crippen LogP contribution in [-0.4, -0.2) is 41.2 Å². The first-order valence-corrected chi connectivity index (χ1v) is 11.3. The van der Waals surface area contributed by atoms with Crippen molar-refractivity contribution in [2.75, 3.05) is 14.2 Å². The zero-order chi connectivity index (χ0) is 24.5. The third kappa shape index (κ3) is 4.47. The van der Waals surface area contributed by atoms with Crippen LogP contribution in [-0.2, 0) is 11.2 Å². The SMILES string of the molecule is COc1ccc(CC2=NN3C(=N)/C(=C/c4ccc(-c5ccc(F)cc5)o4)C(=O)N=C3S2)cc1OC. The number of halogens is 1. The van der Waals surface area contributed by atoms with Crippen molar-refractivity contribution in [1.29, 1.82) is 5.41 Å². The molecular formula is C25H19FN4O4S. The first-order valence-electron chi connectivity index (χ1n) is 10.5. The fraction of sp³-hybridized carbons (Fsp3) is 0.120. The summed E-state index contributed by atoms with van der Waals surface area (Å²) in [7, 11) is 3.14. The van der Waals surface area contributed by atoms with Gasteiger partial charge in [-0.15, -0.1) is 0 Å². The highest BCUT2D eigenvalue weighted by Crippen LogP contribution is 2.32. The Morgan fingerprint density at radius 2 is 1.86 bits per heavy atom. The standard InChI is InChI=1S/C25H19FN4O4S/c1-32-20-9-3-14(11-21(20)33-2)12-22-29-30-23(27)18(24(31)28-25(30)35-22)13-17-8-10-19(34-17)15-4-6-16(26)7-5-15/h3-11,13,27H,12H2,1-2H3/b18-13-,27-23?. The molecule has 3 aromatic rings. The Kier molecular flexibility index (Phi) is 5.96. The van der Waals surface area contributed by atoms with Crippen molar-refractivity contribution >= 4 is 39.8 Å². The van der Waals surface area contributed by atoms with Crippen molar-refractivity contribution in [2.24, 2.45) is 10.1 Å². The minimum atomic E-state index is -0.545. The van der Waals surface area contributed by atoms with Gasteiger partial charge in [-0.25, -0.2) is 4.39 Å². The van der Waals surface area contributed by atoms with E-state index < -0.39 is 5.91 Å². The highest BCUT2D eigenvalue weighted by atomic mass is 32.2. The number of aliphatic imine (C=N–C) groups is 1. The predicted molar refractivity (Wildman–Crippen MR) is 132 cm³/mol. The molecule has 0 fully saturated rings. The Morgan fingerprint density at radius 1 is 1.09 bits per heavy atom. The number of furan rings is 1. The van der Waals surface area contributed by atoms with E-state index >= 15 is 0 Å². The van der Waals surface area contributed by atoms with E-state index in [2.05, 4.69) is 10.1 Å². The van der Waals surface area contributed by atoms with Crippen LogP contribution in [0.5, 0.6) is 11.5 Å². The number of nitrogens with zero attached hydrogens (tertiary/aromatic N) is 3. The van der Waals surface area contributed by atoms with Gasteiger partial charge in [-0.1, -0.05) is 6.07 Å². The third-order valence-electron chi connectivity index (χ3n) is 5.34. The number of methoxy groups -OCH3 is 2. The molecule has 1 aromatic heterocycles. The smallest absolute Gasteiger partial charge is 0.283 e. The fourth-order valence-electron chi connectivity index (χ4n) is 3.61. The van der Waals surface area contributed by atoms with Crippen LogP contribution < -0.4 is 9.47 Å². The maximum atomic E-state index is 13.2. The molecule has 0 spiro atoms. The summed E-state index contributed by atoms with van der Waals surface area (Å²) in [5.41, 5.74) is 1.69. The Hall–Kier alpha value is -4.18. The van der Waals surface area contributed by atoms with E-state index in [1.807, 2.05) is 18.2 Å². The summed E-state index contributed by atoms with van der Waals surface area (Å²) in [6.07, 6.45) is 1.94. The summed E-state index contributed by atoms with van der Waals surface area (Å²) < 4.78 is 29.6. The summed E-state index contributed by atoms with van der Waals surface area (Å²) in [5, 5.41) is 15.4. The van der Waals surface area contributed by atoms with Crippen molar-refractivity contribution in [3.8, 4) is 22.8 Å². The van der Waals surface area contributed by atoms with Gasteiger partial charge < -0.3 is 13.9 Å². The lowest BCUT2D eigenvalue weighted by atomic mass is 10.1. The number of hydrazone groups is 1. The summed E-state index contributed by atoms with van der Waals surface area (Å²) in [6, 6.07) is 14.9. The lowest BCUT2D eigenvalue weighted by molar-refractivity contribution is -0.114. The molecule has 10 heteroatoms. The molecule has 1 amide bonds. The molecule has 0 unspecified atom stereocenters. The quantitative estimate of drug-likeness (QED) is 0.490. The van der Waals surface area contributed by atoms with Gasteiger partial charge in [0, 0.05) is 12.0 Å². The molecule has 0 saturated heterocycles. The monoisotopic (exact) mass is 490 g/mol. The number of rotatable bonds is 6. The number of nitrogens with one attached hydrogen (secondary N) is 1. The second-order valence-electron chi connectivity index (χ2n) is 7.59. The molecule has 176 valence electrons. The molecule has 8 nitrogen and oxygen atoms in total. The number of carbonyl (C=O) groups is 1. The van der Waals surface area contributed by atoms with Gasteiger partial charge in [-0.2, -0.15) is 15.1 Å². The number of thioether (sulfide) groups is 1. The predicted octanol–water partition coefficient (Wildman–Crippen LogP) is 4.96. The van der Waals surface area contributed by atoms with Crippen LogP contribution in [0.25, 0.3) is 17.4 Å². The van der Waals surface area contributed by atoms with Crippen LogP contribution >= 0.6 is 11.8 Å². The minimum absolute atomic E-state index is 0.0606. The lowest BCUT2D eigenvalue weighted by Gasteiger charge is -2.19. The minimum Gasteiger partial charge on any atom is -0.493 e. The van der Waals surface area contributed by atoms with Crippen molar-refractivity contribution in [3.63, 3.8) is 0 Å². The van der Waals surface area contributed by atoms with Crippen molar-refractivity contribution in [2.45, 2.75) is 6.42 Å².